The highest BCUT2D eigenvalue weighted by atomic mass is 16.2. The first kappa shape index (κ1) is 16.9. The number of nitrogens with zero attached hydrogens (tertiary/aromatic N) is 3. The van der Waals surface area contributed by atoms with Crippen LogP contribution in [0.1, 0.15) is 43.2 Å². The van der Waals surface area contributed by atoms with Crippen LogP contribution in [-0.2, 0) is 0 Å². The van der Waals surface area contributed by atoms with E-state index >= 15 is 0 Å². The molecule has 0 aliphatic rings. The molecule has 0 saturated heterocycles. The van der Waals surface area contributed by atoms with Crippen molar-refractivity contribution in [1.82, 2.24) is 15.5 Å². The number of nitrogens with one attached hydrogen (secondary N) is 1. The molecule has 1 atom stereocenters. The number of benzene rings is 1. The first-order valence-corrected chi connectivity index (χ1v) is 8.04. The number of hydrogen-bond donors (Lipinski definition) is 1. The number of aryl methyl sites for hydroxylation is 1. The Balaban J connectivity index is 2.19. The van der Waals surface area contributed by atoms with Crippen molar-refractivity contribution < 1.29 is 4.79 Å². The third-order valence-corrected chi connectivity index (χ3v) is 3.78. The summed E-state index contributed by atoms with van der Waals surface area (Å²) in [7, 11) is 0. The predicted molar refractivity (Wildman–Crippen MR) is 93.1 cm³/mol. The van der Waals surface area contributed by atoms with Crippen LogP contribution >= 0.6 is 0 Å². The molecule has 0 aliphatic heterocycles. The quantitative estimate of drug-likeness (QED) is 0.887. The number of carbonyl (C=O) groups is 1. The Morgan fingerprint density at radius 3 is 2.57 bits per heavy atom. The molecule has 0 saturated carbocycles. The summed E-state index contributed by atoms with van der Waals surface area (Å²) in [5.41, 5.74) is 2.60. The molecule has 0 bridgehead atoms. The summed E-state index contributed by atoms with van der Waals surface area (Å²) in [6.07, 6.45) is 0.883. The van der Waals surface area contributed by atoms with E-state index in [-0.39, 0.29) is 11.9 Å². The zero-order chi connectivity index (χ0) is 16.8. The first-order chi connectivity index (χ1) is 11.0. The van der Waals surface area contributed by atoms with Crippen LogP contribution in [0.3, 0.4) is 0 Å². The van der Waals surface area contributed by atoms with Gasteiger partial charge in [-0.2, -0.15) is 0 Å². The third kappa shape index (κ3) is 4.28. The van der Waals surface area contributed by atoms with E-state index in [1.165, 1.54) is 5.56 Å². The Bertz CT molecular complexity index is 654. The van der Waals surface area contributed by atoms with Crippen LogP contribution in [0.25, 0.3) is 0 Å². The lowest BCUT2D eigenvalue weighted by Gasteiger charge is -2.22. The summed E-state index contributed by atoms with van der Waals surface area (Å²) in [5, 5.41) is 11.2. The fraction of sp³-hybridized carbons (Fsp3) is 0.389. The second-order valence-corrected chi connectivity index (χ2v) is 5.64. The lowest BCUT2D eigenvalue weighted by atomic mass is 10.2. The average molecular weight is 312 g/mol. The molecule has 0 aliphatic carbocycles. The largest absolute Gasteiger partial charge is 0.348 e. The van der Waals surface area contributed by atoms with Gasteiger partial charge in [-0.1, -0.05) is 19.1 Å². The molecule has 0 fully saturated rings. The standard InChI is InChI=1S/C18H24N4O/c1-5-14(4)19-18(23)16-10-11-17(21-20-16)22(6-2)15-9-7-8-13(3)12-15/h7-12,14H,5-6H2,1-4H3,(H,19,23). The zero-order valence-electron chi connectivity index (χ0n) is 14.2. The SMILES string of the molecule is CCC(C)NC(=O)c1ccc(N(CC)c2cccc(C)c2)nn1. The normalized spacial score (nSPS) is 11.8. The van der Waals surface area contributed by atoms with E-state index in [0.717, 1.165) is 24.5 Å². The molecule has 1 amide bonds. The number of anilines is 2. The number of aromatic nitrogens is 2. The van der Waals surface area contributed by atoms with Crippen molar-refractivity contribution in [3.8, 4) is 0 Å². The smallest absolute Gasteiger partial charge is 0.272 e. The van der Waals surface area contributed by atoms with Crippen LogP contribution in [0.15, 0.2) is 36.4 Å². The summed E-state index contributed by atoms with van der Waals surface area (Å²) in [6.45, 7) is 8.90. The average Bonchev–Trinajstić information content (AvgIpc) is 2.56. The maximum Gasteiger partial charge on any atom is 0.272 e. The minimum absolute atomic E-state index is 0.128. The van der Waals surface area contributed by atoms with Crippen molar-refractivity contribution in [2.24, 2.45) is 0 Å². The number of carbonyl (C=O) groups excluding carboxylic acids is 1. The van der Waals surface area contributed by atoms with Gasteiger partial charge in [0.05, 0.1) is 0 Å². The lowest BCUT2D eigenvalue weighted by molar-refractivity contribution is 0.0933. The molecule has 122 valence electrons. The Kier molecular flexibility index (Phi) is 5.68. The highest BCUT2D eigenvalue weighted by Crippen LogP contribution is 2.23. The van der Waals surface area contributed by atoms with Gasteiger partial charge in [-0.25, -0.2) is 0 Å². The zero-order valence-corrected chi connectivity index (χ0v) is 14.2. The number of amides is 1. The number of hydrogen-bond acceptors (Lipinski definition) is 4. The van der Waals surface area contributed by atoms with Crippen molar-refractivity contribution in [2.45, 2.75) is 40.2 Å². The molecule has 23 heavy (non-hydrogen) atoms. The van der Waals surface area contributed by atoms with Gasteiger partial charge in [0.15, 0.2) is 11.5 Å². The highest BCUT2D eigenvalue weighted by molar-refractivity contribution is 5.92. The van der Waals surface area contributed by atoms with Crippen LogP contribution in [0.4, 0.5) is 11.5 Å². The van der Waals surface area contributed by atoms with Crippen LogP contribution < -0.4 is 10.2 Å². The van der Waals surface area contributed by atoms with Crippen LogP contribution in [0, 0.1) is 6.92 Å². The summed E-state index contributed by atoms with van der Waals surface area (Å²) in [5.74, 6) is 0.551. The van der Waals surface area contributed by atoms with Gasteiger partial charge in [-0.15, -0.1) is 10.2 Å². The molecule has 0 spiro atoms. The second kappa shape index (κ2) is 7.72. The van der Waals surface area contributed by atoms with Gasteiger partial charge in [0.25, 0.3) is 5.91 Å². The number of rotatable bonds is 6. The second-order valence-electron chi connectivity index (χ2n) is 5.64. The summed E-state index contributed by atoms with van der Waals surface area (Å²) in [4.78, 5) is 14.1. The van der Waals surface area contributed by atoms with E-state index in [2.05, 4.69) is 46.4 Å². The molecule has 5 nitrogen and oxygen atoms in total. The fourth-order valence-electron chi connectivity index (χ4n) is 2.26. The molecule has 5 heteroatoms. The maximum atomic E-state index is 12.1. The van der Waals surface area contributed by atoms with E-state index < -0.39 is 0 Å². The van der Waals surface area contributed by atoms with Gasteiger partial charge < -0.3 is 10.2 Å². The minimum atomic E-state index is -0.183. The van der Waals surface area contributed by atoms with Crippen molar-refractivity contribution >= 4 is 17.4 Å². The lowest BCUT2D eigenvalue weighted by Crippen LogP contribution is -2.32. The van der Waals surface area contributed by atoms with Crippen molar-refractivity contribution in [1.29, 1.82) is 0 Å². The molecule has 2 aromatic rings. The molecule has 0 radical (unpaired) electrons. The monoisotopic (exact) mass is 312 g/mol. The van der Waals surface area contributed by atoms with Crippen LogP contribution in [0.2, 0.25) is 0 Å². The van der Waals surface area contributed by atoms with E-state index in [0.29, 0.717) is 5.69 Å². The third-order valence-electron chi connectivity index (χ3n) is 3.78. The molecule has 1 heterocycles. The minimum Gasteiger partial charge on any atom is -0.348 e. The van der Waals surface area contributed by atoms with E-state index in [1.54, 1.807) is 6.07 Å². The molecule has 2 rings (SSSR count). The summed E-state index contributed by atoms with van der Waals surface area (Å²) < 4.78 is 0. The summed E-state index contributed by atoms with van der Waals surface area (Å²) >= 11 is 0. The molecule has 1 aromatic carbocycles. The molecule has 1 aromatic heterocycles. The maximum absolute atomic E-state index is 12.1. The van der Waals surface area contributed by atoms with E-state index in [9.17, 15) is 4.79 Å². The Morgan fingerprint density at radius 2 is 2.00 bits per heavy atom. The Labute approximate surface area is 137 Å². The highest BCUT2D eigenvalue weighted by Gasteiger charge is 2.13. The van der Waals surface area contributed by atoms with Gasteiger partial charge in [0.2, 0.25) is 0 Å². The molecule has 1 unspecified atom stereocenters. The van der Waals surface area contributed by atoms with Crippen molar-refractivity contribution in [3.63, 3.8) is 0 Å². The topological polar surface area (TPSA) is 58.1 Å². The molecular formula is C18H24N4O. The summed E-state index contributed by atoms with van der Waals surface area (Å²) in [6, 6.07) is 11.9. The van der Waals surface area contributed by atoms with Gasteiger partial charge in [-0.05, 0) is 57.0 Å². The van der Waals surface area contributed by atoms with Gasteiger partial charge in [0.1, 0.15) is 0 Å². The fourth-order valence-corrected chi connectivity index (χ4v) is 2.26. The van der Waals surface area contributed by atoms with E-state index in [1.807, 2.05) is 32.0 Å². The van der Waals surface area contributed by atoms with Crippen LogP contribution in [0.5, 0.6) is 0 Å². The van der Waals surface area contributed by atoms with E-state index in [4.69, 9.17) is 0 Å². The van der Waals surface area contributed by atoms with Gasteiger partial charge in [-0.3, -0.25) is 4.79 Å². The Hall–Kier alpha value is -2.43. The van der Waals surface area contributed by atoms with Gasteiger partial charge >= 0.3 is 0 Å². The van der Waals surface area contributed by atoms with Crippen molar-refractivity contribution in [3.05, 3.63) is 47.7 Å². The molecular weight excluding hydrogens is 288 g/mol. The predicted octanol–water partition coefficient (Wildman–Crippen LogP) is 3.47. The van der Waals surface area contributed by atoms with Crippen molar-refractivity contribution in [2.75, 3.05) is 11.4 Å². The van der Waals surface area contributed by atoms with Crippen LogP contribution in [-0.4, -0.2) is 28.7 Å². The Morgan fingerprint density at radius 1 is 1.22 bits per heavy atom. The van der Waals surface area contributed by atoms with Gasteiger partial charge in [0, 0.05) is 18.3 Å². The first-order valence-electron chi connectivity index (χ1n) is 8.04. The molecule has 1 N–H and O–H groups in total.